The number of carbonyl (C=O) groups is 2. The zero-order chi connectivity index (χ0) is 12.2. The predicted octanol–water partition coefficient (Wildman–Crippen LogP) is 0.563. The molecule has 0 radical (unpaired) electrons. The van der Waals surface area contributed by atoms with Crippen LogP contribution in [0.2, 0.25) is 0 Å². The molecule has 1 atom stereocenters. The number of aryl methyl sites for hydroxylation is 2. The molecule has 0 spiro atoms. The number of nitrogens with one attached hydrogen (secondary N) is 1. The molecule has 1 aromatic heterocycles. The molecule has 6 heteroatoms. The van der Waals surface area contributed by atoms with Crippen LogP contribution < -0.4 is 10.2 Å². The van der Waals surface area contributed by atoms with Crippen LogP contribution in [0.25, 0.3) is 0 Å². The van der Waals surface area contributed by atoms with E-state index in [9.17, 15) is 9.59 Å². The van der Waals surface area contributed by atoms with Crippen molar-refractivity contribution in [2.75, 3.05) is 4.90 Å². The number of aromatic nitrogens is 2. The van der Waals surface area contributed by atoms with Gasteiger partial charge in [-0.2, -0.15) is 5.10 Å². The first kappa shape index (κ1) is 10.3. The summed E-state index contributed by atoms with van der Waals surface area (Å²) in [6, 6.07) is 1.04. The van der Waals surface area contributed by atoms with Gasteiger partial charge in [0.2, 0.25) is 0 Å². The minimum Gasteiger partial charge on any atom is -0.325 e. The van der Waals surface area contributed by atoms with E-state index >= 15 is 0 Å². The van der Waals surface area contributed by atoms with Crippen molar-refractivity contribution in [3.8, 4) is 0 Å². The lowest BCUT2D eigenvalue weighted by Gasteiger charge is -2.08. The standard InChI is InChI=1S/C11H14N4O2/c1-6-5-8(13-14(6)2)15-10(16)9(7-3-4-7)12-11(15)17/h5,7,9H,3-4H2,1-2H3,(H,12,17). The van der Waals surface area contributed by atoms with E-state index in [0.29, 0.717) is 11.7 Å². The summed E-state index contributed by atoms with van der Waals surface area (Å²) in [5, 5.41) is 6.90. The molecule has 1 aromatic rings. The van der Waals surface area contributed by atoms with Gasteiger partial charge in [0.15, 0.2) is 5.82 Å². The second-order valence-corrected chi connectivity index (χ2v) is 4.71. The first-order valence-electron chi connectivity index (χ1n) is 5.73. The molecule has 1 N–H and O–H groups in total. The van der Waals surface area contributed by atoms with E-state index in [1.807, 2.05) is 6.92 Å². The Hall–Kier alpha value is -1.85. The maximum absolute atomic E-state index is 12.1. The highest BCUT2D eigenvalue weighted by molar-refractivity contribution is 6.21. The molecule has 0 aromatic carbocycles. The van der Waals surface area contributed by atoms with Gasteiger partial charge in [0.05, 0.1) is 0 Å². The molecule has 90 valence electrons. The van der Waals surface area contributed by atoms with Crippen LogP contribution in [0.4, 0.5) is 10.6 Å². The Labute approximate surface area is 98.6 Å². The molecule has 1 saturated carbocycles. The average molecular weight is 234 g/mol. The molecule has 1 unspecified atom stereocenters. The number of hydrogen-bond acceptors (Lipinski definition) is 3. The molecule has 2 fully saturated rings. The van der Waals surface area contributed by atoms with Gasteiger partial charge in [0.25, 0.3) is 5.91 Å². The number of anilines is 1. The fourth-order valence-corrected chi connectivity index (χ4v) is 2.12. The van der Waals surface area contributed by atoms with Crippen LogP contribution in [0.3, 0.4) is 0 Å². The SMILES string of the molecule is Cc1cc(N2C(=O)NC(C3CC3)C2=O)nn1C. The largest absolute Gasteiger partial charge is 0.330 e. The van der Waals surface area contributed by atoms with Gasteiger partial charge in [-0.05, 0) is 25.7 Å². The third-order valence-corrected chi connectivity index (χ3v) is 3.39. The summed E-state index contributed by atoms with van der Waals surface area (Å²) in [5.41, 5.74) is 0.912. The molecule has 1 aliphatic carbocycles. The monoisotopic (exact) mass is 234 g/mol. The molecule has 2 aliphatic rings. The number of imide groups is 1. The van der Waals surface area contributed by atoms with Crippen molar-refractivity contribution in [2.45, 2.75) is 25.8 Å². The van der Waals surface area contributed by atoms with Gasteiger partial charge in [-0.25, -0.2) is 9.69 Å². The van der Waals surface area contributed by atoms with Gasteiger partial charge in [-0.15, -0.1) is 0 Å². The summed E-state index contributed by atoms with van der Waals surface area (Å²) in [5.74, 6) is 0.563. The Morgan fingerprint density at radius 3 is 2.65 bits per heavy atom. The summed E-state index contributed by atoms with van der Waals surface area (Å²) in [6.07, 6.45) is 2.04. The lowest BCUT2D eigenvalue weighted by atomic mass is 10.2. The van der Waals surface area contributed by atoms with Gasteiger partial charge in [-0.3, -0.25) is 9.48 Å². The number of carbonyl (C=O) groups excluding carboxylic acids is 2. The van der Waals surface area contributed by atoms with E-state index in [-0.39, 0.29) is 18.0 Å². The summed E-state index contributed by atoms with van der Waals surface area (Å²) < 4.78 is 1.65. The smallest absolute Gasteiger partial charge is 0.325 e. The number of amides is 3. The fourth-order valence-electron chi connectivity index (χ4n) is 2.12. The molecule has 0 bridgehead atoms. The first-order valence-corrected chi connectivity index (χ1v) is 5.73. The lowest BCUT2D eigenvalue weighted by molar-refractivity contribution is -0.118. The summed E-state index contributed by atoms with van der Waals surface area (Å²) in [7, 11) is 1.79. The number of rotatable bonds is 2. The third kappa shape index (κ3) is 1.51. The third-order valence-electron chi connectivity index (χ3n) is 3.39. The van der Waals surface area contributed by atoms with Gasteiger partial charge >= 0.3 is 6.03 Å². The van der Waals surface area contributed by atoms with E-state index in [1.54, 1.807) is 17.8 Å². The molecular formula is C11H14N4O2. The summed E-state index contributed by atoms with van der Waals surface area (Å²) in [6.45, 7) is 1.88. The predicted molar refractivity (Wildman–Crippen MR) is 60.5 cm³/mol. The second kappa shape index (κ2) is 3.32. The molecule has 1 aliphatic heterocycles. The highest BCUT2D eigenvalue weighted by Gasteiger charge is 2.47. The Kier molecular flexibility index (Phi) is 2.01. The number of urea groups is 1. The summed E-state index contributed by atoms with van der Waals surface area (Å²) >= 11 is 0. The Morgan fingerprint density at radius 2 is 2.12 bits per heavy atom. The molecule has 1 saturated heterocycles. The van der Waals surface area contributed by atoms with Crippen molar-refractivity contribution < 1.29 is 9.59 Å². The Bertz CT molecular complexity index is 484. The van der Waals surface area contributed by atoms with Crippen LogP contribution in [0.1, 0.15) is 18.5 Å². The van der Waals surface area contributed by atoms with Crippen molar-refractivity contribution in [3.05, 3.63) is 11.8 Å². The quantitative estimate of drug-likeness (QED) is 0.760. The molecule has 3 amide bonds. The highest BCUT2D eigenvalue weighted by Crippen LogP contribution is 2.36. The minimum atomic E-state index is -0.356. The van der Waals surface area contributed by atoms with Gasteiger partial charge in [0, 0.05) is 18.8 Å². The van der Waals surface area contributed by atoms with E-state index in [1.165, 1.54) is 0 Å². The zero-order valence-electron chi connectivity index (χ0n) is 9.80. The first-order chi connectivity index (χ1) is 8.08. The highest BCUT2D eigenvalue weighted by atomic mass is 16.2. The van der Waals surface area contributed by atoms with Gasteiger partial charge in [-0.1, -0.05) is 0 Å². The number of nitrogens with zero attached hydrogens (tertiary/aromatic N) is 3. The normalized spacial score (nSPS) is 24.4. The average Bonchev–Trinajstić information content (AvgIpc) is 2.99. The van der Waals surface area contributed by atoms with Crippen LogP contribution in [0.15, 0.2) is 6.07 Å². The van der Waals surface area contributed by atoms with Crippen molar-refractivity contribution >= 4 is 17.8 Å². The number of hydrogen-bond donors (Lipinski definition) is 1. The van der Waals surface area contributed by atoms with E-state index in [0.717, 1.165) is 23.4 Å². The second-order valence-electron chi connectivity index (χ2n) is 4.71. The van der Waals surface area contributed by atoms with Crippen molar-refractivity contribution in [3.63, 3.8) is 0 Å². The molecule has 2 heterocycles. The minimum absolute atomic E-state index is 0.171. The van der Waals surface area contributed by atoms with Crippen molar-refractivity contribution in [2.24, 2.45) is 13.0 Å². The van der Waals surface area contributed by atoms with Crippen LogP contribution in [0, 0.1) is 12.8 Å². The van der Waals surface area contributed by atoms with Crippen LogP contribution in [-0.4, -0.2) is 27.8 Å². The topological polar surface area (TPSA) is 67.2 Å². The summed E-state index contributed by atoms with van der Waals surface area (Å²) in [4.78, 5) is 25.1. The van der Waals surface area contributed by atoms with E-state index in [4.69, 9.17) is 0 Å². The maximum Gasteiger partial charge on any atom is 0.330 e. The Balaban J connectivity index is 1.92. The lowest BCUT2D eigenvalue weighted by Crippen LogP contribution is -2.32. The zero-order valence-corrected chi connectivity index (χ0v) is 9.80. The van der Waals surface area contributed by atoms with Crippen LogP contribution in [0.5, 0.6) is 0 Å². The maximum atomic E-state index is 12.1. The molecule has 3 rings (SSSR count). The van der Waals surface area contributed by atoms with E-state index < -0.39 is 0 Å². The Morgan fingerprint density at radius 1 is 1.41 bits per heavy atom. The van der Waals surface area contributed by atoms with E-state index in [2.05, 4.69) is 10.4 Å². The van der Waals surface area contributed by atoms with Crippen molar-refractivity contribution in [1.82, 2.24) is 15.1 Å². The molecule has 17 heavy (non-hydrogen) atoms. The van der Waals surface area contributed by atoms with Gasteiger partial charge < -0.3 is 5.32 Å². The van der Waals surface area contributed by atoms with Crippen LogP contribution in [-0.2, 0) is 11.8 Å². The van der Waals surface area contributed by atoms with Crippen molar-refractivity contribution in [1.29, 1.82) is 0 Å². The molecule has 6 nitrogen and oxygen atoms in total. The fraction of sp³-hybridized carbons (Fsp3) is 0.545. The molecular weight excluding hydrogens is 220 g/mol. The van der Waals surface area contributed by atoms with Gasteiger partial charge in [0.1, 0.15) is 6.04 Å². The van der Waals surface area contributed by atoms with Crippen LogP contribution >= 0.6 is 0 Å².